The van der Waals surface area contributed by atoms with Crippen molar-refractivity contribution in [3.63, 3.8) is 0 Å². The highest BCUT2D eigenvalue weighted by Gasteiger charge is 2.31. The molecule has 5 rings (SSSR count). The highest BCUT2D eigenvalue weighted by molar-refractivity contribution is 6.30. The molecule has 1 aliphatic heterocycles. The summed E-state index contributed by atoms with van der Waals surface area (Å²) in [5, 5.41) is 14.7. The van der Waals surface area contributed by atoms with Crippen LogP contribution in [0.3, 0.4) is 0 Å². The Balaban J connectivity index is 0.00000259. The highest BCUT2D eigenvalue weighted by atomic mass is 35.5. The molecule has 3 N–H and O–H groups in total. The minimum absolute atomic E-state index is 0. The maximum atomic E-state index is 7.74. The summed E-state index contributed by atoms with van der Waals surface area (Å²) < 4.78 is 11.4. The number of nitrogens with one attached hydrogen (secondary N) is 1. The second kappa shape index (κ2) is 9.68. The second-order valence-electron chi connectivity index (χ2n) is 7.83. The molecule has 1 atom stereocenters. The fraction of sp³-hybridized carbons (Fsp3) is 0.208. The van der Waals surface area contributed by atoms with E-state index in [1.165, 1.54) is 0 Å². The molecule has 4 aromatic rings. The summed E-state index contributed by atoms with van der Waals surface area (Å²) in [6.45, 7) is 1.21. The number of ether oxygens (including phenoxy) is 1. The minimum atomic E-state index is -0.130. The molecule has 1 fully saturated rings. The zero-order chi connectivity index (χ0) is 22.1. The van der Waals surface area contributed by atoms with E-state index in [2.05, 4.69) is 10.1 Å². The molecule has 0 saturated carbocycles. The van der Waals surface area contributed by atoms with Crippen molar-refractivity contribution in [3.8, 4) is 17.1 Å². The van der Waals surface area contributed by atoms with Gasteiger partial charge in [-0.1, -0.05) is 47.1 Å². The molecule has 2 heterocycles. The van der Waals surface area contributed by atoms with Gasteiger partial charge in [-0.2, -0.15) is 4.98 Å². The van der Waals surface area contributed by atoms with Crippen molar-refractivity contribution in [1.29, 1.82) is 5.41 Å². The van der Waals surface area contributed by atoms with Gasteiger partial charge in [-0.25, -0.2) is 0 Å². The number of nitrogens with zero attached hydrogens (tertiary/aromatic N) is 3. The Hall–Kier alpha value is -3.29. The fourth-order valence-corrected chi connectivity index (χ4v) is 4.13. The molecule has 3 aromatic carbocycles. The number of halogens is 2. The van der Waals surface area contributed by atoms with Crippen molar-refractivity contribution in [2.24, 2.45) is 5.73 Å². The van der Waals surface area contributed by atoms with Crippen LogP contribution < -0.4 is 10.5 Å². The van der Waals surface area contributed by atoms with Crippen molar-refractivity contribution < 1.29 is 9.26 Å². The lowest BCUT2D eigenvalue weighted by Crippen LogP contribution is -2.35. The molecular formula is C24H23Cl2N5O2. The first-order chi connectivity index (χ1) is 15.6. The monoisotopic (exact) mass is 483 g/mol. The number of nitrogens with two attached hydrogens (primary N) is 1. The molecule has 1 aromatic heterocycles. The minimum Gasteiger partial charge on any atom is -0.489 e. The van der Waals surface area contributed by atoms with Gasteiger partial charge in [0.05, 0.1) is 0 Å². The molecule has 0 aliphatic carbocycles. The third kappa shape index (κ3) is 4.89. The van der Waals surface area contributed by atoms with E-state index in [0.29, 0.717) is 23.3 Å². The van der Waals surface area contributed by atoms with Crippen LogP contribution in [0.1, 0.15) is 30.3 Å². The number of aromatic nitrogens is 2. The SMILES string of the molecule is Cl.N=C(N)N1CCCC1c1nc(-c2ccc3cc(OCc4ccc(Cl)cc4)ccc3c2)no1. The van der Waals surface area contributed by atoms with E-state index in [0.717, 1.165) is 47.0 Å². The Morgan fingerprint density at radius 1 is 1.12 bits per heavy atom. The lowest BCUT2D eigenvalue weighted by molar-refractivity contribution is 0.283. The van der Waals surface area contributed by atoms with E-state index in [4.69, 9.17) is 32.0 Å². The maximum absolute atomic E-state index is 7.74. The highest BCUT2D eigenvalue weighted by Crippen LogP contribution is 2.32. The number of rotatable bonds is 5. The average Bonchev–Trinajstić information content (AvgIpc) is 3.48. The number of guanidine groups is 1. The van der Waals surface area contributed by atoms with Crippen LogP contribution in [-0.2, 0) is 6.61 Å². The maximum Gasteiger partial charge on any atom is 0.249 e. The van der Waals surface area contributed by atoms with Gasteiger partial charge in [-0.3, -0.25) is 5.41 Å². The van der Waals surface area contributed by atoms with Crippen LogP contribution in [-0.4, -0.2) is 27.5 Å². The molecule has 0 spiro atoms. The first kappa shape index (κ1) is 22.9. The Bertz CT molecular complexity index is 1280. The van der Waals surface area contributed by atoms with Gasteiger partial charge in [0.25, 0.3) is 0 Å². The second-order valence-corrected chi connectivity index (χ2v) is 8.27. The lowest BCUT2D eigenvalue weighted by atomic mass is 10.1. The van der Waals surface area contributed by atoms with Crippen molar-refractivity contribution >= 4 is 40.7 Å². The smallest absolute Gasteiger partial charge is 0.249 e. The summed E-state index contributed by atoms with van der Waals surface area (Å²) in [6.07, 6.45) is 1.79. The predicted molar refractivity (Wildman–Crippen MR) is 131 cm³/mol. The van der Waals surface area contributed by atoms with Crippen LogP contribution in [0.25, 0.3) is 22.2 Å². The summed E-state index contributed by atoms with van der Waals surface area (Å²) >= 11 is 5.93. The standard InChI is InChI=1S/C24H22ClN5O2.ClH/c25-19-8-3-15(4-9-19)14-31-20-10-7-16-12-18(6-5-17(16)13-20)22-28-23(32-29-22)21-2-1-11-30(21)24(26)27;/h3-10,12-13,21H,1-2,11,14H2,(H3,26,27);1H. The summed E-state index contributed by atoms with van der Waals surface area (Å²) in [4.78, 5) is 6.38. The summed E-state index contributed by atoms with van der Waals surface area (Å²) in [7, 11) is 0. The first-order valence-corrected chi connectivity index (χ1v) is 10.8. The van der Waals surface area contributed by atoms with Crippen LogP contribution in [0.4, 0.5) is 0 Å². The third-order valence-electron chi connectivity index (χ3n) is 5.68. The predicted octanol–water partition coefficient (Wildman–Crippen LogP) is 5.57. The van der Waals surface area contributed by atoms with Gasteiger partial charge >= 0.3 is 0 Å². The molecule has 0 bridgehead atoms. The quantitative estimate of drug-likeness (QED) is 0.284. The van der Waals surface area contributed by atoms with Gasteiger partial charge in [-0.15, -0.1) is 12.4 Å². The number of hydrogen-bond acceptors (Lipinski definition) is 5. The topological polar surface area (TPSA) is 101 Å². The van der Waals surface area contributed by atoms with Crippen LogP contribution in [0, 0.1) is 5.41 Å². The number of hydrogen-bond donors (Lipinski definition) is 2. The Labute approximate surface area is 202 Å². The molecule has 9 heteroatoms. The van der Waals surface area contributed by atoms with E-state index < -0.39 is 0 Å². The van der Waals surface area contributed by atoms with E-state index >= 15 is 0 Å². The molecule has 1 saturated heterocycles. The summed E-state index contributed by atoms with van der Waals surface area (Å²) in [5.74, 6) is 1.86. The molecular weight excluding hydrogens is 461 g/mol. The van der Waals surface area contributed by atoms with Gasteiger partial charge in [-0.05, 0) is 59.5 Å². The number of fused-ring (bicyclic) bond motifs is 1. The van der Waals surface area contributed by atoms with Gasteiger partial charge < -0.3 is 19.9 Å². The molecule has 1 unspecified atom stereocenters. The zero-order valence-corrected chi connectivity index (χ0v) is 19.3. The van der Waals surface area contributed by atoms with Crippen LogP contribution >= 0.6 is 24.0 Å². The van der Waals surface area contributed by atoms with E-state index in [9.17, 15) is 0 Å². The normalized spacial score (nSPS) is 15.4. The molecule has 0 amide bonds. The summed E-state index contributed by atoms with van der Waals surface area (Å²) in [6, 6.07) is 19.5. The van der Waals surface area contributed by atoms with Crippen LogP contribution in [0.15, 0.2) is 65.2 Å². The van der Waals surface area contributed by atoms with E-state index in [-0.39, 0.29) is 24.4 Å². The van der Waals surface area contributed by atoms with Crippen molar-refractivity contribution in [3.05, 3.63) is 77.1 Å². The van der Waals surface area contributed by atoms with E-state index in [1.807, 2.05) is 60.7 Å². The van der Waals surface area contributed by atoms with Crippen LogP contribution in [0.5, 0.6) is 5.75 Å². The number of likely N-dealkylation sites (tertiary alicyclic amines) is 1. The molecule has 170 valence electrons. The third-order valence-corrected chi connectivity index (χ3v) is 5.93. The van der Waals surface area contributed by atoms with Gasteiger partial charge in [0.1, 0.15) is 18.4 Å². The molecule has 1 aliphatic rings. The molecule has 33 heavy (non-hydrogen) atoms. The lowest BCUT2D eigenvalue weighted by Gasteiger charge is -2.21. The molecule has 0 radical (unpaired) electrons. The molecule has 7 nitrogen and oxygen atoms in total. The van der Waals surface area contributed by atoms with Crippen molar-refractivity contribution in [2.75, 3.05) is 6.54 Å². The first-order valence-electron chi connectivity index (χ1n) is 10.4. The van der Waals surface area contributed by atoms with Gasteiger partial charge in [0, 0.05) is 17.1 Å². The van der Waals surface area contributed by atoms with Crippen molar-refractivity contribution in [1.82, 2.24) is 15.0 Å². The fourth-order valence-electron chi connectivity index (χ4n) is 4.00. The Morgan fingerprint density at radius 3 is 2.67 bits per heavy atom. The van der Waals surface area contributed by atoms with Gasteiger partial charge in [0.2, 0.25) is 11.7 Å². The van der Waals surface area contributed by atoms with Gasteiger partial charge in [0.15, 0.2) is 5.96 Å². The van der Waals surface area contributed by atoms with Crippen LogP contribution in [0.2, 0.25) is 5.02 Å². The van der Waals surface area contributed by atoms with Crippen molar-refractivity contribution in [2.45, 2.75) is 25.5 Å². The van der Waals surface area contributed by atoms with E-state index in [1.54, 1.807) is 4.90 Å². The Morgan fingerprint density at radius 2 is 1.88 bits per heavy atom. The number of benzene rings is 3. The zero-order valence-electron chi connectivity index (χ0n) is 17.7. The average molecular weight is 484 g/mol. The largest absolute Gasteiger partial charge is 0.489 e. The summed E-state index contributed by atoms with van der Waals surface area (Å²) in [5.41, 5.74) is 7.61. The Kier molecular flexibility index (Phi) is 6.72.